The number of carboxylic acids is 1. The van der Waals surface area contributed by atoms with Crippen molar-refractivity contribution in [2.24, 2.45) is 5.92 Å². The third-order valence-corrected chi connectivity index (χ3v) is 4.21. The highest BCUT2D eigenvalue weighted by molar-refractivity contribution is 5.76. The van der Waals surface area contributed by atoms with E-state index in [-0.39, 0.29) is 18.7 Å². The van der Waals surface area contributed by atoms with Gasteiger partial charge in [-0.1, -0.05) is 0 Å². The summed E-state index contributed by atoms with van der Waals surface area (Å²) in [6, 6.07) is 0.0126. The first-order chi connectivity index (χ1) is 9.89. The summed E-state index contributed by atoms with van der Waals surface area (Å²) in [4.78, 5) is 24.3. The zero-order valence-electron chi connectivity index (χ0n) is 12.6. The molecule has 1 atom stereocenters. The van der Waals surface area contributed by atoms with Gasteiger partial charge in [-0.05, 0) is 32.6 Å². The van der Waals surface area contributed by atoms with E-state index in [2.05, 4.69) is 5.32 Å². The summed E-state index contributed by atoms with van der Waals surface area (Å²) >= 11 is 0. The number of carbonyl (C=O) groups excluding carboxylic acids is 1. The highest BCUT2D eigenvalue weighted by Gasteiger charge is 2.43. The lowest BCUT2D eigenvalue weighted by atomic mass is 9.92. The van der Waals surface area contributed by atoms with Crippen LogP contribution < -0.4 is 5.32 Å². The highest BCUT2D eigenvalue weighted by atomic mass is 16.5. The van der Waals surface area contributed by atoms with Crippen LogP contribution in [0.3, 0.4) is 0 Å². The van der Waals surface area contributed by atoms with E-state index in [1.54, 1.807) is 4.90 Å². The summed E-state index contributed by atoms with van der Waals surface area (Å²) in [5.74, 6) is -0.536. The van der Waals surface area contributed by atoms with Gasteiger partial charge in [0.1, 0.15) is 12.2 Å². The van der Waals surface area contributed by atoms with E-state index in [0.717, 1.165) is 26.1 Å². The smallest absolute Gasteiger partial charge is 0.329 e. The van der Waals surface area contributed by atoms with Gasteiger partial charge in [-0.25, -0.2) is 9.59 Å². The number of rotatable bonds is 5. The Balaban J connectivity index is 1.71. The van der Waals surface area contributed by atoms with Gasteiger partial charge in [0.25, 0.3) is 0 Å². The predicted molar refractivity (Wildman–Crippen MR) is 75.1 cm³/mol. The fraction of sp³-hybridized carbons (Fsp3) is 0.857. The molecule has 0 aromatic rings. The summed E-state index contributed by atoms with van der Waals surface area (Å²) in [5, 5.41) is 11.6. The van der Waals surface area contributed by atoms with Crippen LogP contribution in [0.4, 0.5) is 4.79 Å². The van der Waals surface area contributed by atoms with Crippen molar-refractivity contribution in [2.75, 3.05) is 32.9 Å². The lowest BCUT2D eigenvalue weighted by Gasteiger charge is -2.47. The van der Waals surface area contributed by atoms with Crippen LogP contribution >= 0.6 is 0 Å². The Morgan fingerprint density at radius 3 is 2.62 bits per heavy atom. The summed E-state index contributed by atoms with van der Waals surface area (Å²) in [6.07, 6.45) is 1.95. The van der Waals surface area contributed by atoms with E-state index in [4.69, 9.17) is 14.6 Å². The van der Waals surface area contributed by atoms with Crippen LogP contribution in [0.5, 0.6) is 0 Å². The molecule has 2 fully saturated rings. The molecule has 2 aliphatic rings. The van der Waals surface area contributed by atoms with Gasteiger partial charge in [0, 0.05) is 19.3 Å². The number of amides is 2. The quantitative estimate of drug-likeness (QED) is 0.780. The maximum absolute atomic E-state index is 12.1. The number of hydrogen-bond donors (Lipinski definition) is 2. The SMILES string of the molecule is CC(NC(=O)N1CC(C)(OCC(=O)O)C1)C1CCOCC1. The number of hydrogen-bond acceptors (Lipinski definition) is 4. The zero-order chi connectivity index (χ0) is 15.5. The lowest BCUT2D eigenvalue weighted by molar-refractivity contribution is -0.159. The molecule has 1 unspecified atom stereocenters. The van der Waals surface area contributed by atoms with E-state index < -0.39 is 11.6 Å². The van der Waals surface area contributed by atoms with Gasteiger partial charge < -0.3 is 24.8 Å². The third kappa shape index (κ3) is 4.31. The Hall–Kier alpha value is -1.34. The summed E-state index contributed by atoms with van der Waals surface area (Å²) in [6.45, 7) is 5.88. The lowest BCUT2D eigenvalue weighted by Crippen LogP contribution is -2.66. The minimum absolute atomic E-state index is 0.106. The second-order valence-electron chi connectivity index (χ2n) is 6.18. The Morgan fingerprint density at radius 2 is 2.05 bits per heavy atom. The van der Waals surface area contributed by atoms with E-state index in [1.165, 1.54) is 0 Å². The fourth-order valence-corrected chi connectivity index (χ4v) is 2.85. The van der Waals surface area contributed by atoms with E-state index in [0.29, 0.717) is 19.0 Å². The molecule has 0 saturated carbocycles. The normalized spacial score (nSPS) is 23.2. The topological polar surface area (TPSA) is 88.1 Å². The zero-order valence-corrected chi connectivity index (χ0v) is 12.6. The van der Waals surface area contributed by atoms with Crippen molar-refractivity contribution in [3.8, 4) is 0 Å². The molecule has 2 aliphatic heterocycles. The molecule has 0 radical (unpaired) electrons. The molecule has 0 aliphatic carbocycles. The second kappa shape index (κ2) is 6.62. The van der Waals surface area contributed by atoms with Crippen LogP contribution in [-0.4, -0.2) is 66.6 Å². The predicted octanol–water partition coefficient (Wildman–Crippen LogP) is 0.687. The molecule has 7 heteroatoms. The number of nitrogens with zero attached hydrogens (tertiary/aromatic N) is 1. The largest absolute Gasteiger partial charge is 0.480 e. The van der Waals surface area contributed by atoms with Crippen molar-refractivity contribution in [3.05, 3.63) is 0 Å². The Bertz CT molecular complexity index is 389. The van der Waals surface area contributed by atoms with Gasteiger partial charge >= 0.3 is 12.0 Å². The number of carbonyl (C=O) groups is 2. The Labute approximate surface area is 124 Å². The maximum Gasteiger partial charge on any atom is 0.329 e. The van der Waals surface area contributed by atoms with Crippen molar-refractivity contribution >= 4 is 12.0 Å². The summed E-state index contributed by atoms with van der Waals surface area (Å²) in [5.41, 5.74) is -0.544. The molecule has 0 aromatic carbocycles. The van der Waals surface area contributed by atoms with Gasteiger partial charge in [0.05, 0.1) is 13.1 Å². The van der Waals surface area contributed by atoms with Crippen molar-refractivity contribution in [2.45, 2.75) is 38.3 Å². The standard InChI is InChI=1S/C14H24N2O5/c1-10(11-3-5-20-6-4-11)15-13(19)16-8-14(2,9-16)21-7-12(17)18/h10-11H,3-9H2,1-2H3,(H,15,19)(H,17,18). The van der Waals surface area contributed by atoms with Crippen LogP contribution in [0.15, 0.2) is 0 Å². The van der Waals surface area contributed by atoms with E-state index in [9.17, 15) is 9.59 Å². The Morgan fingerprint density at radius 1 is 1.43 bits per heavy atom. The van der Waals surface area contributed by atoms with Crippen molar-refractivity contribution in [1.29, 1.82) is 0 Å². The molecule has 0 bridgehead atoms. The van der Waals surface area contributed by atoms with E-state index in [1.807, 2.05) is 13.8 Å². The number of likely N-dealkylation sites (tertiary alicyclic amines) is 1. The van der Waals surface area contributed by atoms with Crippen LogP contribution in [0.25, 0.3) is 0 Å². The van der Waals surface area contributed by atoms with E-state index >= 15 is 0 Å². The van der Waals surface area contributed by atoms with Gasteiger partial charge in [-0.15, -0.1) is 0 Å². The molecule has 0 spiro atoms. The molecule has 2 saturated heterocycles. The molecule has 7 nitrogen and oxygen atoms in total. The number of carboxylic acid groups (broad SMARTS) is 1. The first-order valence-electron chi connectivity index (χ1n) is 7.38. The molecular weight excluding hydrogens is 276 g/mol. The first-order valence-corrected chi connectivity index (χ1v) is 7.38. The average Bonchev–Trinajstić information content (AvgIpc) is 2.43. The van der Waals surface area contributed by atoms with Crippen LogP contribution in [0, 0.1) is 5.92 Å². The van der Waals surface area contributed by atoms with Crippen LogP contribution in [-0.2, 0) is 14.3 Å². The highest BCUT2D eigenvalue weighted by Crippen LogP contribution is 2.25. The maximum atomic E-state index is 12.1. The van der Waals surface area contributed by atoms with Crippen LogP contribution in [0.2, 0.25) is 0 Å². The molecule has 120 valence electrons. The number of ether oxygens (including phenoxy) is 2. The molecule has 21 heavy (non-hydrogen) atoms. The van der Waals surface area contributed by atoms with Crippen molar-refractivity contribution in [3.63, 3.8) is 0 Å². The Kier molecular flexibility index (Phi) is 5.05. The summed E-state index contributed by atoms with van der Waals surface area (Å²) < 4.78 is 10.6. The molecule has 0 aromatic heterocycles. The van der Waals surface area contributed by atoms with Gasteiger partial charge in [-0.2, -0.15) is 0 Å². The van der Waals surface area contributed by atoms with Gasteiger partial charge in [0.15, 0.2) is 0 Å². The van der Waals surface area contributed by atoms with Crippen LogP contribution in [0.1, 0.15) is 26.7 Å². The van der Waals surface area contributed by atoms with Crippen molar-refractivity contribution in [1.82, 2.24) is 10.2 Å². The molecular formula is C14H24N2O5. The minimum Gasteiger partial charge on any atom is -0.480 e. The van der Waals surface area contributed by atoms with Gasteiger partial charge in [-0.3, -0.25) is 0 Å². The fourth-order valence-electron chi connectivity index (χ4n) is 2.85. The second-order valence-corrected chi connectivity index (χ2v) is 6.18. The molecule has 2 amide bonds. The molecule has 2 heterocycles. The minimum atomic E-state index is -0.993. The summed E-state index contributed by atoms with van der Waals surface area (Å²) in [7, 11) is 0. The van der Waals surface area contributed by atoms with Crippen molar-refractivity contribution < 1.29 is 24.2 Å². The van der Waals surface area contributed by atoms with Gasteiger partial charge in [0.2, 0.25) is 0 Å². The third-order valence-electron chi connectivity index (χ3n) is 4.21. The number of aliphatic carboxylic acids is 1. The first kappa shape index (κ1) is 16.0. The number of nitrogens with one attached hydrogen (secondary N) is 1. The molecule has 2 rings (SSSR count). The number of urea groups is 1. The molecule has 2 N–H and O–H groups in total. The monoisotopic (exact) mass is 300 g/mol. The average molecular weight is 300 g/mol.